The number of anilines is 1. The minimum Gasteiger partial charge on any atom is -0.383 e. The van der Waals surface area contributed by atoms with E-state index >= 15 is 0 Å². The van der Waals surface area contributed by atoms with Gasteiger partial charge < -0.3 is 5.32 Å². The van der Waals surface area contributed by atoms with Crippen LogP contribution in [0.25, 0.3) is 6.08 Å². The molecule has 0 atom stereocenters. The van der Waals surface area contributed by atoms with Crippen molar-refractivity contribution in [2.45, 2.75) is 6.42 Å². The Labute approximate surface area is 93.2 Å². The molecule has 0 saturated heterocycles. The zero-order valence-corrected chi connectivity index (χ0v) is 8.80. The van der Waals surface area contributed by atoms with Crippen molar-refractivity contribution >= 4 is 17.5 Å². The van der Waals surface area contributed by atoms with Gasteiger partial charge in [-0.3, -0.25) is 10.1 Å². The smallest absolute Gasteiger partial charge is 0.292 e. The SMILES string of the molecule is CNc1ccc(C=CCC#N)cc1[N+](=O)[O-]. The van der Waals surface area contributed by atoms with Crippen molar-refractivity contribution in [2.24, 2.45) is 0 Å². The van der Waals surface area contributed by atoms with E-state index in [1.54, 1.807) is 31.3 Å². The highest BCUT2D eigenvalue weighted by molar-refractivity contribution is 5.66. The maximum absolute atomic E-state index is 10.8. The Morgan fingerprint density at radius 1 is 1.62 bits per heavy atom. The Hall–Kier alpha value is -2.35. The Morgan fingerprint density at radius 3 is 2.94 bits per heavy atom. The summed E-state index contributed by atoms with van der Waals surface area (Å²) in [5, 5.41) is 21.9. The summed E-state index contributed by atoms with van der Waals surface area (Å²) in [4.78, 5) is 10.3. The summed E-state index contributed by atoms with van der Waals surface area (Å²) < 4.78 is 0. The third-order valence-electron chi connectivity index (χ3n) is 2.01. The van der Waals surface area contributed by atoms with Crippen molar-refractivity contribution in [2.75, 3.05) is 12.4 Å². The van der Waals surface area contributed by atoms with Crippen LogP contribution in [0.5, 0.6) is 0 Å². The van der Waals surface area contributed by atoms with Crippen LogP contribution in [0.2, 0.25) is 0 Å². The Kier molecular flexibility index (Phi) is 4.04. The quantitative estimate of drug-likeness (QED) is 0.620. The average molecular weight is 217 g/mol. The van der Waals surface area contributed by atoms with E-state index in [1.165, 1.54) is 6.07 Å². The monoisotopic (exact) mass is 217 g/mol. The molecule has 0 aromatic heterocycles. The van der Waals surface area contributed by atoms with Gasteiger partial charge in [0.15, 0.2) is 0 Å². The van der Waals surface area contributed by atoms with Crippen LogP contribution in [0.1, 0.15) is 12.0 Å². The van der Waals surface area contributed by atoms with E-state index in [0.29, 0.717) is 17.7 Å². The first-order chi connectivity index (χ1) is 7.69. The summed E-state index contributed by atoms with van der Waals surface area (Å²) in [6.45, 7) is 0. The highest BCUT2D eigenvalue weighted by Gasteiger charge is 2.12. The molecule has 0 aliphatic carbocycles. The number of benzene rings is 1. The molecule has 0 heterocycles. The maximum atomic E-state index is 10.8. The molecular weight excluding hydrogens is 206 g/mol. The van der Waals surface area contributed by atoms with Gasteiger partial charge in [0.2, 0.25) is 0 Å². The number of nitro benzene ring substituents is 1. The summed E-state index contributed by atoms with van der Waals surface area (Å²) in [5.74, 6) is 0. The largest absolute Gasteiger partial charge is 0.383 e. The predicted molar refractivity (Wildman–Crippen MR) is 61.9 cm³/mol. The lowest BCUT2D eigenvalue weighted by atomic mass is 10.1. The molecule has 0 spiro atoms. The normalized spacial score (nSPS) is 10.0. The summed E-state index contributed by atoms with van der Waals surface area (Å²) in [5.41, 5.74) is 1.21. The number of nitriles is 1. The fourth-order valence-corrected chi connectivity index (χ4v) is 1.26. The van der Waals surface area contributed by atoms with Crippen LogP contribution in [0.4, 0.5) is 11.4 Å². The van der Waals surface area contributed by atoms with Gasteiger partial charge in [0.1, 0.15) is 5.69 Å². The molecule has 0 aliphatic heterocycles. The van der Waals surface area contributed by atoms with Gasteiger partial charge in [-0.1, -0.05) is 18.2 Å². The van der Waals surface area contributed by atoms with Gasteiger partial charge >= 0.3 is 0 Å². The molecule has 0 bridgehead atoms. The zero-order chi connectivity index (χ0) is 12.0. The minimum atomic E-state index is -0.437. The lowest BCUT2D eigenvalue weighted by Gasteiger charge is -2.02. The lowest BCUT2D eigenvalue weighted by Crippen LogP contribution is -1.96. The topological polar surface area (TPSA) is 79.0 Å². The summed E-state index contributed by atoms with van der Waals surface area (Å²) >= 11 is 0. The van der Waals surface area contributed by atoms with E-state index in [4.69, 9.17) is 5.26 Å². The first-order valence-electron chi connectivity index (χ1n) is 4.68. The minimum absolute atomic E-state index is 0.0293. The highest BCUT2D eigenvalue weighted by Crippen LogP contribution is 2.25. The van der Waals surface area contributed by atoms with Crippen molar-refractivity contribution in [3.8, 4) is 6.07 Å². The number of hydrogen-bond acceptors (Lipinski definition) is 4. The average Bonchev–Trinajstić information content (AvgIpc) is 2.29. The van der Waals surface area contributed by atoms with Crippen molar-refractivity contribution < 1.29 is 4.92 Å². The highest BCUT2D eigenvalue weighted by atomic mass is 16.6. The van der Waals surface area contributed by atoms with Crippen molar-refractivity contribution in [3.05, 3.63) is 40.0 Å². The Balaban J connectivity index is 3.03. The molecule has 0 saturated carbocycles. The van der Waals surface area contributed by atoms with E-state index in [9.17, 15) is 10.1 Å². The summed E-state index contributed by atoms with van der Waals surface area (Å²) in [6.07, 6.45) is 3.65. The standard InChI is InChI=1S/C11H11N3O2/c1-13-10-6-5-9(4-2-3-7-12)8-11(10)14(15)16/h2,4-6,8,13H,3H2,1H3. The van der Waals surface area contributed by atoms with Crippen molar-refractivity contribution in [1.29, 1.82) is 5.26 Å². The molecule has 1 aromatic carbocycles. The summed E-state index contributed by atoms with van der Waals surface area (Å²) in [7, 11) is 1.63. The summed E-state index contributed by atoms with van der Waals surface area (Å²) in [6, 6.07) is 6.84. The number of hydrogen-bond donors (Lipinski definition) is 1. The van der Waals surface area contributed by atoms with E-state index < -0.39 is 4.92 Å². The van der Waals surface area contributed by atoms with Crippen LogP contribution >= 0.6 is 0 Å². The van der Waals surface area contributed by atoms with Gasteiger partial charge in [-0.05, 0) is 11.6 Å². The van der Waals surface area contributed by atoms with Crippen LogP contribution in [-0.4, -0.2) is 12.0 Å². The van der Waals surface area contributed by atoms with E-state index in [-0.39, 0.29) is 5.69 Å². The fraction of sp³-hybridized carbons (Fsp3) is 0.182. The molecule has 5 heteroatoms. The van der Waals surface area contributed by atoms with Crippen LogP contribution in [0.3, 0.4) is 0 Å². The molecule has 1 N–H and O–H groups in total. The van der Waals surface area contributed by atoms with Gasteiger partial charge in [0, 0.05) is 13.1 Å². The number of nitrogens with one attached hydrogen (secondary N) is 1. The van der Waals surface area contributed by atoms with Gasteiger partial charge in [-0.2, -0.15) is 5.26 Å². The molecule has 16 heavy (non-hydrogen) atoms. The molecule has 5 nitrogen and oxygen atoms in total. The van der Waals surface area contributed by atoms with Crippen molar-refractivity contribution in [3.63, 3.8) is 0 Å². The third kappa shape index (κ3) is 2.82. The molecule has 82 valence electrons. The molecular formula is C11H11N3O2. The second kappa shape index (κ2) is 5.51. The van der Waals surface area contributed by atoms with Crippen LogP contribution in [0, 0.1) is 21.4 Å². The molecule has 1 rings (SSSR count). The van der Waals surface area contributed by atoms with E-state index in [2.05, 4.69) is 5.32 Å². The second-order valence-corrected chi connectivity index (χ2v) is 3.05. The molecule has 0 fully saturated rings. The van der Waals surface area contributed by atoms with Gasteiger partial charge in [-0.25, -0.2) is 0 Å². The molecule has 0 unspecified atom stereocenters. The predicted octanol–water partition coefficient (Wildman–Crippen LogP) is 2.56. The van der Waals surface area contributed by atoms with E-state index in [0.717, 1.165) is 0 Å². The van der Waals surface area contributed by atoms with Crippen LogP contribution in [0.15, 0.2) is 24.3 Å². The molecule has 0 aliphatic rings. The van der Waals surface area contributed by atoms with Gasteiger partial charge in [-0.15, -0.1) is 0 Å². The number of nitrogens with zero attached hydrogens (tertiary/aromatic N) is 2. The van der Waals surface area contributed by atoms with Gasteiger partial charge in [0.05, 0.1) is 17.4 Å². The molecule has 0 radical (unpaired) electrons. The fourth-order valence-electron chi connectivity index (χ4n) is 1.26. The number of rotatable bonds is 4. The van der Waals surface area contributed by atoms with Crippen molar-refractivity contribution in [1.82, 2.24) is 0 Å². The first-order valence-corrected chi connectivity index (χ1v) is 4.68. The number of nitro groups is 1. The Bertz CT molecular complexity index is 461. The van der Waals surface area contributed by atoms with Crippen LogP contribution < -0.4 is 5.32 Å². The zero-order valence-electron chi connectivity index (χ0n) is 8.80. The first kappa shape index (κ1) is 11.7. The van der Waals surface area contributed by atoms with Crippen LogP contribution in [-0.2, 0) is 0 Å². The second-order valence-electron chi connectivity index (χ2n) is 3.05. The number of allylic oxidation sites excluding steroid dienone is 1. The Morgan fingerprint density at radius 2 is 2.38 bits per heavy atom. The third-order valence-corrected chi connectivity index (χ3v) is 2.01. The molecule has 0 amide bonds. The van der Waals surface area contributed by atoms with Gasteiger partial charge in [0.25, 0.3) is 5.69 Å². The van der Waals surface area contributed by atoms with E-state index in [1.807, 2.05) is 6.07 Å². The lowest BCUT2D eigenvalue weighted by molar-refractivity contribution is -0.383. The molecule has 1 aromatic rings. The maximum Gasteiger partial charge on any atom is 0.292 e.